The molecule has 0 saturated carbocycles. The summed E-state index contributed by atoms with van der Waals surface area (Å²) in [6.07, 6.45) is 0. The molecule has 1 aromatic heterocycles. The van der Waals surface area contributed by atoms with Crippen LogP contribution in [-0.2, 0) is 11.3 Å². The Kier molecular flexibility index (Phi) is 4.06. The highest BCUT2D eigenvalue weighted by atomic mass is 16.4. The van der Waals surface area contributed by atoms with Gasteiger partial charge in [-0.25, -0.2) is 0 Å². The van der Waals surface area contributed by atoms with Crippen molar-refractivity contribution in [3.05, 3.63) is 71.5 Å². The third-order valence-corrected chi connectivity index (χ3v) is 5.08. The van der Waals surface area contributed by atoms with E-state index in [1.807, 2.05) is 55.5 Å². The first-order chi connectivity index (χ1) is 12.1. The summed E-state index contributed by atoms with van der Waals surface area (Å²) in [5.74, 6) is -0.172. The van der Waals surface area contributed by atoms with Gasteiger partial charge in [-0.15, -0.1) is 0 Å². The summed E-state index contributed by atoms with van der Waals surface area (Å²) in [4.78, 5) is 14.0. The predicted octanol–water partition coefficient (Wildman–Crippen LogP) is 4.04. The van der Waals surface area contributed by atoms with Crippen molar-refractivity contribution in [3.8, 4) is 0 Å². The van der Waals surface area contributed by atoms with E-state index in [2.05, 4.69) is 11.0 Å². The molecule has 1 saturated heterocycles. The Labute approximate surface area is 146 Å². The molecule has 1 fully saturated rings. The Morgan fingerprint density at radius 3 is 2.72 bits per heavy atom. The van der Waals surface area contributed by atoms with Gasteiger partial charge in [-0.3, -0.25) is 9.69 Å². The molecular weight excluding hydrogens is 314 g/mol. The number of furan rings is 1. The topological polar surface area (TPSA) is 53.7 Å². The van der Waals surface area contributed by atoms with E-state index < -0.39 is 5.97 Å². The number of hydrogen-bond donors (Lipinski definition) is 1. The molecule has 0 radical (unpaired) electrons. The largest absolute Gasteiger partial charge is 0.481 e. The maximum atomic E-state index is 11.8. The van der Waals surface area contributed by atoms with E-state index in [1.165, 1.54) is 0 Å². The lowest BCUT2D eigenvalue weighted by molar-refractivity contribution is -0.141. The van der Waals surface area contributed by atoms with Gasteiger partial charge in [0.05, 0.1) is 5.92 Å². The van der Waals surface area contributed by atoms with Crippen molar-refractivity contribution in [2.24, 2.45) is 5.92 Å². The molecule has 0 spiro atoms. The van der Waals surface area contributed by atoms with Crippen molar-refractivity contribution in [3.63, 3.8) is 0 Å². The number of carbonyl (C=O) groups is 1. The number of likely N-dealkylation sites (tertiary alicyclic amines) is 1. The number of carboxylic acids is 1. The molecule has 25 heavy (non-hydrogen) atoms. The van der Waals surface area contributed by atoms with Gasteiger partial charge < -0.3 is 9.52 Å². The van der Waals surface area contributed by atoms with Crippen molar-refractivity contribution in [1.82, 2.24) is 4.90 Å². The van der Waals surface area contributed by atoms with E-state index in [-0.39, 0.29) is 11.8 Å². The van der Waals surface area contributed by atoms with Crippen molar-refractivity contribution < 1.29 is 14.3 Å². The average molecular weight is 335 g/mol. The lowest BCUT2D eigenvalue weighted by Gasteiger charge is -2.16. The van der Waals surface area contributed by atoms with Gasteiger partial charge in [0.25, 0.3) is 0 Å². The zero-order valence-electron chi connectivity index (χ0n) is 14.2. The van der Waals surface area contributed by atoms with Gasteiger partial charge in [0.15, 0.2) is 0 Å². The van der Waals surface area contributed by atoms with Crippen molar-refractivity contribution in [2.45, 2.75) is 19.4 Å². The molecular formula is C21H21NO3. The van der Waals surface area contributed by atoms with E-state index >= 15 is 0 Å². The lowest BCUT2D eigenvalue weighted by Crippen LogP contribution is -2.23. The second kappa shape index (κ2) is 6.37. The molecule has 0 aliphatic carbocycles. The van der Waals surface area contributed by atoms with Crippen LogP contribution >= 0.6 is 0 Å². The second-order valence-corrected chi connectivity index (χ2v) is 6.85. The van der Waals surface area contributed by atoms with Crippen molar-refractivity contribution in [2.75, 3.05) is 13.1 Å². The van der Waals surface area contributed by atoms with Crippen LogP contribution in [-0.4, -0.2) is 29.1 Å². The van der Waals surface area contributed by atoms with Gasteiger partial charge in [-0.05, 0) is 18.6 Å². The molecule has 1 N–H and O–H groups in total. The molecule has 4 nitrogen and oxygen atoms in total. The first-order valence-corrected chi connectivity index (χ1v) is 8.60. The highest BCUT2D eigenvalue weighted by Gasteiger charge is 2.38. The fraction of sp³-hybridized carbons (Fsp3) is 0.286. The number of nitrogens with zero attached hydrogens (tertiary/aromatic N) is 1. The monoisotopic (exact) mass is 335 g/mol. The van der Waals surface area contributed by atoms with Gasteiger partial charge in [0.2, 0.25) is 0 Å². The van der Waals surface area contributed by atoms with Crippen LogP contribution in [0, 0.1) is 12.8 Å². The predicted molar refractivity (Wildman–Crippen MR) is 96.5 cm³/mol. The smallest absolute Gasteiger partial charge is 0.308 e. The molecule has 0 amide bonds. The van der Waals surface area contributed by atoms with Crippen LogP contribution in [0.5, 0.6) is 0 Å². The Morgan fingerprint density at radius 2 is 1.96 bits per heavy atom. The molecule has 1 aliphatic rings. The second-order valence-electron chi connectivity index (χ2n) is 6.85. The van der Waals surface area contributed by atoms with E-state index in [4.69, 9.17) is 4.42 Å². The van der Waals surface area contributed by atoms with Gasteiger partial charge in [0, 0.05) is 36.5 Å². The molecule has 3 aromatic rings. The van der Waals surface area contributed by atoms with Crippen LogP contribution in [0.3, 0.4) is 0 Å². The number of aliphatic carboxylic acids is 1. The third-order valence-electron chi connectivity index (χ3n) is 5.08. The number of benzene rings is 2. The quantitative estimate of drug-likeness (QED) is 0.782. The normalized spacial score (nSPS) is 21.0. The van der Waals surface area contributed by atoms with E-state index in [9.17, 15) is 9.90 Å². The fourth-order valence-electron chi connectivity index (χ4n) is 3.92. The summed E-state index contributed by atoms with van der Waals surface area (Å²) in [5.41, 5.74) is 3.13. The highest BCUT2D eigenvalue weighted by molar-refractivity contribution is 5.81. The summed E-state index contributed by atoms with van der Waals surface area (Å²) in [6.45, 7) is 3.96. The Balaban J connectivity index is 1.60. The molecule has 4 heteroatoms. The molecule has 2 heterocycles. The molecule has 2 aromatic carbocycles. The summed E-state index contributed by atoms with van der Waals surface area (Å²) >= 11 is 0. The van der Waals surface area contributed by atoms with Crippen molar-refractivity contribution in [1.29, 1.82) is 0 Å². The van der Waals surface area contributed by atoms with E-state index in [0.717, 1.165) is 34.4 Å². The Hall–Kier alpha value is -2.59. The Morgan fingerprint density at radius 1 is 1.16 bits per heavy atom. The molecule has 0 unspecified atom stereocenters. The number of hydrogen-bond acceptors (Lipinski definition) is 3. The third kappa shape index (κ3) is 3.05. The first kappa shape index (κ1) is 15.9. The first-order valence-electron chi connectivity index (χ1n) is 8.60. The fourth-order valence-corrected chi connectivity index (χ4v) is 3.92. The summed E-state index contributed by atoms with van der Waals surface area (Å²) in [5, 5.41) is 10.8. The Bertz CT molecular complexity index is 900. The van der Waals surface area contributed by atoms with Gasteiger partial charge >= 0.3 is 5.97 Å². The van der Waals surface area contributed by atoms with Crippen LogP contribution in [0.4, 0.5) is 0 Å². The maximum Gasteiger partial charge on any atom is 0.308 e. The van der Waals surface area contributed by atoms with Crippen LogP contribution < -0.4 is 0 Å². The minimum atomic E-state index is -0.719. The maximum absolute atomic E-state index is 11.8. The zero-order chi connectivity index (χ0) is 17.4. The molecule has 1 aliphatic heterocycles. The van der Waals surface area contributed by atoms with Crippen molar-refractivity contribution >= 4 is 16.9 Å². The minimum absolute atomic E-state index is 0.0243. The highest BCUT2D eigenvalue weighted by Crippen LogP contribution is 2.34. The summed E-state index contributed by atoms with van der Waals surface area (Å²) in [6, 6.07) is 18.2. The van der Waals surface area contributed by atoms with Crippen LogP contribution in [0.1, 0.15) is 22.8 Å². The SMILES string of the molecule is Cc1cc2cccc(CN3C[C@H](C(=O)O)[C@@H](c4ccccc4)C3)c2o1. The van der Waals surface area contributed by atoms with E-state index in [0.29, 0.717) is 13.1 Å². The molecule has 4 rings (SSSR count). The summed E-state index contributed by atoms with van der Waals surface area (Å²) < 4.78 is 5.85. The van der Waals surface area contributed by atoms with Crippen LogP contribution in [0.15, 0.2) is 59.0 Å². The number of fused-ring (bicyclic) bond motifs is 1. The van der Waals surface area contributed by atoms with Crippen LogP contribution in [0.25, 0.3) is 11.0 Å². The molecule has 0 bridgehead atoms. The van der Waals surface area contributed by atoms with Gasteiger partial charge in [0.1, 0.15) is 11.3 Å². The number of aryl methyl sites for hydroxylation is 1. The number of carboxylic acid groups (broad SMARTS) is 1. The minimum Gasteiger partial charge on any atom is -0.481 e. The van der Waals surface area contributed by atoms with E-state index in [1.54, 1.807) is 0 Å². The number of para-hydroxylation sites is 1. The van der Waals surface area contributed by atoms with Gasteiger partial charge in [-0.1, -0.05) is 48.5 Å². The van der Waals surface area contributed by atoms with Gasteiger partial charge in [-0.2, -0.15) is 0 Å². The zero-order valence-corrected chi connectivity index (χ0v) is 14.2. The lowest BCUT2D eigenvalue weighted by atomic mass is 9.89. The standard InChI is InChI=1S/C21H21NO3/c1-14-10-16-8-5-9-17(20(16)25-14)11-22-12-18(19(13-22)21(23)24)15-6-3-2-4-7-15/h2-10,18-19H,11-13H2,1H3,(H,23,24)/t18-,19+/m1/s1. The number of rotatable bonds is 4. The average Bonchev–Trinajstić information content (AvgIpc) is 3.19. The van der Waals surface area contributed by atoms with Crippen LogP contribution in [0.2, 0.25) is 0 Å². The summed E-state index contributed by atoms with van der Waals surface area (Å²) in [7, 11) is 0. The molecule has 128 valence electrons. The molecule has 2 atom stereocenters.